The summed E-state index contributed by atoms with van der Waals surface area (Å²) in [5.74, 6) is 0.301. The summed E-state index contributed by atoms with van der Waals surface area (Å²) in [6.07, 6.45) is 1.04. The van der Waals surface area contributed by atoms with E-state index in [4.69, 9.17) is 0 Å². The Morgan fingerprint density at radius 1 is 1.12 bits per heavy atom. The van der Waals surface area contributed by atoms with Gasteiger partial charge in [0, 0.05) is 14.3 Å². The van der Waals surface area contributed by atoms with Gasteiger partial charge in [-0.2, -0.15) is 0 Å². The predicted octanol–water partition coefficient (Wildman–Crippen LogP) is 4.87. The van der Waals surface area contributed by atoms with Crippen molar-refractivity contribution < 1.29 is 5.11 Å². The molecule has 0 atom stereocenters. The molecule has 1 nitrogen and oxygen atoms in total. The Balaban J connectivity index is 2.21. The topological polar surface area (TPSA) is 20.2 Å². The summed E-state index contributed by atoms with van der Waals surface area (Å²) >= 11 is 5.27. The standard InChI is InChI=1S/C14H13BrOS/c1-2-10-3-8-14(13(15)9-10)17-12-6-4-11(16)5-7-12/h3-9,16H,2H2,1H3. The molecule has 17 heavy (non-hydrogen) atoms. The van der Waals surface area contributed by atoms with Crippen LogP contribution in [0.3, 0.4) is 0 Å². The zero-order valence-electron chi connectivity index (χ0n) is 9.48. The normalized spacial score (nSPS) is 10.5. The van der Waals surface area contributed by atoms with Crippen molar-refractivity contribution in [3.8, 4) is 5.75 Å². The molecule has 88 valence electrons. The van der Waals surface area contributed by atoms with Gasteiger partial charge in [0.1, 0.15) is 5.75 Å². The lowest BCUT2D eigenvalue weighted by Crippen LogP contribution is -1.82. The van der Waals surface area contributed by atoms with Crippen molar-refractivity contribution in [1.82, 2.24) is 0 Å². The molecule has 0 bridgehead atoms. The van der Waals surface area contributed by atoms with Crippen molar-refractivity contribution >= 4 is 27.7 Å². The molecule has 0 fully saturated rings. The van der Waals surface area contributed by atoms with Crippen LogP contribution in [0.2, 0.25) is 0 Å². The second-order valence-corrected chi connectivity index (χ2v) is 5.68. The molecule has 2 aromatic carbocycles. The smallest absolute Gasteiger partial charge is 0.115 e. The maximum Gasteiger partial charge on any atom is 0.115 e. The van der Waals surface area contributed by atoms with Crippen LogP contribution in [0, 0.1) is 0 Å². The lowest BCUT2D eigenvalue weighted by Gasteiger charge is -2.06. The van der Waals surface area contributed by atoms with E-state index < -0.39 is 0 Å². The van der Waals surface area contributed by atoms with E-state index in [1.807, 2.05) is 12.1 Å². The number of benzene rings is 2. The fraction of sp³-hybridized carbons (Fsp3) is 0.143. The van der Waals surface area contributed by atoms with Crippen LogP contribution >= 0.6 is 27.7 Å². The number of phenolic OH excluding ortho intramolecular Hbond substituents is 1. The fourth-order valence-corrected chi connectivity index (χ4v) is 2.98. The number of rotatable bonds is 3. The van der Waals surface area contributed by atoms with Crippen LogP contribution in [0.5, 0.6) is 5.75 Å². The minimum atomic E-state index is 0.301. The minimum absolute atomic E-state index is 0.301. The van der Waals surface area contributed by atoms with Gasteiger partial charge in [-0.25, -0.2) is 0 Å². The molecule has 1 N–H and O–H groups in total. The van der Waals surface area contributed by atoms with E-state index in [2.05, 4.69) is 41.1 Å². The molecule has 0 radical (unpaired) electrons. The highest BCUT2D eigenvalue weighted by atomic mass is 79.9. The largest absolute Gasteiger partial charge is 0.508 e. The van der Waals surface area contributed by atoms with Crippen molar-refractivity contribution in [2.24, 2.45) is 0 Å². The van der Waals surface area contributed by atoms with Gasteiger partial charge in [-0.3, -0.25) is 0 Å². The van der Waals surface area contributed by atoms with Gasteiger partial charge in [0.2, 0.25) is 0 Å². The molecule has 0 saturated carbocycles. The van der Waals surface area contributed by atoms with E-state index in [9.17, 15) is 5.11 Å². The van der Waals surface area contributed by atoms with E-state index in [0.29, 0.717) is 5.75 Å². The van der Waals surface area contributed by atoms with Gasteiger partial charge in [0.15, 0.2) is 0 Å². The van der Waals surface area contributed by atoms with Gasteiger partial charge < -0.3 is 5.11 Å². The number of halogens is 1. The first kappa shape index (κ1) is 12.5. The van der Waals surface area contributed by atoms with Crippen LogP contribution in [-0.4, -0.2) is 5.11 Å². The summed E-state index contributed by atoms with van der Waals surface area (Å²) in [6.45, 7) is 2.15. The minimum Gasteiger partial charge on any atom is -0.508 e. The van der Waals surface area contributed by atoms with E-state index in [1.165, 1.54) is 10.5 Å². The molecule has 0 aromatic heterocycles. The van der Waals surface area contributed by atoms with Gasteiger partial charge in [-0.05, 0) is 64.3 Å². The molecule has 0 aliphatic rings. The number of hydrogen-bond donors (Lipinski definition) is 1. The Morgan fingerprint density at radius 3 is 2.41 bits per heavy atom. The number of phenols is 1. The van der Waals surface area contributed by atoms with Crippen LogP contribution in [0.15, 0.2) is 56.7 Å². The van der Waals surface area contributed by atoms with Crippen LogP contribution < -0.4 is 0 Å². The fourth-order valence-electron chi connectivity index (χ4n) is 1.49. The lowest BCUT2D eigenvalue weighted by molar-refractivity contribution is 0.475. The highest BCUT2D eigenvalue weighted by molar-refractivity contribution is 9.10. The molecule has 0 unspecified atom stereocenters. The van der Waals surface area contributed by atoms with E-state index in [0.717, 1.165) is 15.8 Å². The van der Waals surface area contributed by atoms with Crippen LogP contribution in [0.25, 0.3) is 0 Å². The Kier molecular flexibility index (Phi) is 4.13. The predicted molar refractivity (Wildman–Crippen MR) is 75.7 cm³/mol. The summed E-state index contributed by atoms with van der Waals surface area (Å²) in [4.78, 5) is 2.31. The molecule has 0 aliphatic carbocycles. The Morgan fingerprint density at radius 2 is 1.82 bits per heavy atom. The van der Waals surface area contributed by atoms with E-state index in [1.54, 1.807) is 23.9 Å². The average Bonchev–Trinajstić information content (AvgIpc) is 2.34. The molecule has 0 aliphatic heterocycles. The average molecular weight is 309 g/mol. The summed E-state index contributed by atoms with van der Waals surface area (Å²) in [6, 6.07) is 13.7. The first-order valence-electron chi connectivity index (χ1n) is 5.44. The van der Waals surface area contributed by atoms with Gasteiger partial charge in [0.05, 0.1) is 0 Å². The maximum absolute atomic E-state index is 9.23. The summed E-state index contributed by atoms with van der Waals surface area (Å²) in [5.41, 5.74) is 1.33. The molecule has 0 spiro atoms. The monoisotopic (exact) mass is 308 g/mol. The van der Waals surface area contributed by atoms with Crippen molar-refractivity contribution in [3.05, 3.63) is 52.5 Å². The van der Waals surface area contributed by atoms with Gasteiger partial charge in [-0.1, -0.05) is 24.8 Å². The third-order valence-electron chi connectivity index (χ3n) is 2.47. The number of aryl methyl sites for hydroxylation is 1. The SMILES string of the molecule is CCc1ccc(Sc2ccc(O)cc2)c(Br)c1. The first-order valence-corrected chi connectivity index (χ1v) is 7.05. The Hall–Kier alpha value is -0.930. The van der Waals surface area contributed by atoms with Crippen molar-refractivity contribution in [2.45, 2.75) is 23.1 Å². The first-order chi connectivity index (χ1) is 8.19. The third kappa shape index (κ3) is 3.27. The van der Waals surface area contributed by atoms with Crippen LogP contribution in [-0.2, 0) is 6.42 Å². The Bertz CT molecular complexity index is 508. The van der Waals surface area contributed by atoms with Crippen LogP contribution in [0.4, 0.5) is 0 Å². The van der Waals surface area contributed by atoms with Crippen molar-refractivity contribution in [2.75, 3.05) is 0 Å². The van der Waals surface area contributed by atoms with Crippen molar-refractivity contribution in [3.63, 3.8) is 0 Å². The second kappa shape index (κ2) is 5.61. The molecule has 0 heterocycles. The van der Waals surface area contributed by atoms with Gasteiger partial charge in [0.25, 0.3) is 0 Å². The van der Waals surface area contributed by atoms with Gasteiger partial charge >= 0.3 is 0 Å². The molecular weight excluding hydrogens is 296 g/mol. The van der Waals surface area contributed by atoms with Crippen LogP contribution in [0.1, 0.15) is 12.5 Å². The van der Waals surface area contributed by atoms with E-state index >= 15 is 0 Å². The zero-order valence-corrected chi connectivity index (χ0v) is 11.9. The quantitative estimate of drug-likeness (QED) is 0.873. The lowest BCUT2D eigenvalue weighted by atomic mass is 10.2. The van der Waals surface area contributed by atoms with Crippen molar-refractivity contribution in [1.29, 1.82) is 0 Å². The molecule has 0 saturated heterocycles. The van der Waals surface area contributed by atoms with Gasteiger partial charge in [-0.15, -0.1) is 0 Å². The number of hydrogen-bond acceptors (Lipinski definition) is 2. The molecule has 3 heteroatoms. The molecular formula is C14H13BrOS. The van der Waals surface area contributed by atoms with E-state index in [-0.39, 0.29) is 0 Å². The highest BCUT2D eigenvalue weighted by Crippen LogP contribution is 2.34. The molecule has 2 aromatic rings. The summed E-state index contributed by atoms with van der Waals surface area (Å²) in [5, 5.41) is 9.23. The number of aromatic hydroxyl groups is 1. The third-order valence-corrected chi connectivity index (χ3v) is 4.47. The molecule has 2 rings (SSSR count). The Labute approximate surface area is 114 Å². The second-order valence-electron chi connectivity index (χ2n) is 3.71. The highest BCUT2D eigenvalue weighted by Gasteiger charge is 2.03. The summed E-state index contributed by atoms with van der Waals surface area (Å²) in [7, 11) is 0. The maximum atomic E-state index is 9.23. The summed E-state index contributed by atoms with van der Waals surface area (Å²) < 4.78 is 1.12. The molecule has 0 amide bonds. The zero-order chi connectivity index (χ0) is 12.3.